The van der Waals surface area contributed by atoms with Gasteiger partial charge in [0.15, 0.2) is 11.5 Å². The van der Waals surface area contributed by atoms with Crippen molar-refractivity contribution >= 4 is 0 Å². The van der Waals surface area contributed by atoms with Gasteiger partial charge < -0.3 is 24.8 Å². The smallest absolute Gasteiger partial charge is 0.231 e. The Kier molecular flexibility index (Phi) is 4.73. The molecule has 0 saturated heterocycles. The highest BCUT2D eigenvalue weighted by Gasteiger charge is 2.19. The number of likely N-dealkylation sites (N-methyl/N-ethyl adjacent to an activating group) is 1. The molecule has 1 heterocycles. The van der Waals surface area contributed by atoms with E-state index in [1.807, 2.05) is 6.07 Å². The summed E-state index contributed by atoms with van der Waals surface area (Å²) >= 11 is 0. The largest absolute Gasteiger partial charge is 0.507 e. The quantitative estimate of drug-likeness (QED) is 0.832. The minimum Gasteiger partial charge on any atom is -0.507 e. The summed E-state index contributed by atoms with van der Waals surface area (Å²) in [5.74, 6) is 2.08. The van der Waals surface area contributed by atoms with E-state index in [2.05, 4.69) is 38.2 Å². The van der Waals surface area contributed by atoms with Gasteiger partial charge in [-0.15, -0.1) is 0 Å². The Bertz CT molecular complexity index is 461. The highest BCUT2D eigenvalue weighted by Crippen LogP contribution is 2.37. The van der Waals surface area contributed by atoms with E-state index in [1.165, 1.54) is 0 Å². The Hall–Kier alpha value is -1.46. The number of fused-ring (bicyclic) bond motifs is 1. The molecule has 2 N–H and O–H groups in total. The molecule has 1 aromatic carbocycles. The van der Waals surface area contributed by atoms with Crippen molar-refractivity contribution in [2.24, 2.45) is 5.92 Å². The standard InChI is InChI=1S/C15H24N2O3/c1-10(2)12(8-17(3)4)16-7-11-5-14-15(6-13(11)18)20-9-19-14/h5-6,10,12,16,18H,7-9H2,1-4H3. The van der Waals surface area contributed by atoms with Crippen LogP contribution in [-0.4, -0.2) is 43.5 Å². The van der Waals surface area contributed by atoms with Crippen molar-refractivity contribution in [3.8, 4) is 17.2 Å². The second kappa shape index (κ2) is 6.33. The summed E-state index contributed by atoms with van der Waals surface area (Å²) in [5, 5.41) is 13.5. The molecular weight excluding hydrogens is 256 g/mol. The third-order valence-corrected chi connectivity index (χ3v) is 3.50. The van der Waals surface area contributed by atoms with Gasteiger partial charge in [0.2, 0.25) is 6.79 Å². The fraction of sp³-hybridized carbons (Fsp3) is 0.600. The molecule has 0 saturated carbocycles. The first-order valence-corrected chi connectivity index (χ1v) is 6.97. The van der Waals surface area contributed by atoms with Crippen LogP contribution in [-0.2, 0) is 6.54 Å². The van der Waals surface area contributed by atoms with Crippen LogP contribution in [0.25, 0.3) is 0 Å². The van der Waals surface area contributed by atoms with E-state index in [0.29, 0.717) is 30.0 Å². The van der Waals surface area contributed by atoms with Crippen LogP contribution in [0.3, 0.4) is 0 Å². The number of phenols is 1. The number of hydrogen-bond acceptors (Lipinski definition) is 5. The first-order chi connectivity index (χ1) is 9.47. The average Bonchev–Trinajstić information content (AvgIpc) is 2.80. The molecule has 0 aromatic heterocycles. The lowest BCUT2D eigenvalue weighted by Crippen LogP contribution is -2.41. The summed E-state index contributed by atoms with van der Waals surface area (Å²) in [6.45, 7) is 6.18. The average molecular weight is 280 g/mol. The molecule has 0 amide bonds. The van der Waals surface area contributed by atoms with Crippen LogP contribution >= 0.6 is 0 Å². The van der Waals surface area contributed by atoms with E-state index in [1.54, 1.807) is 6.07 Å². The normalized spacial score (nSPS) is 15.1. The molecule has 1 unspecified atom stereocenters. The molecule has 0 radical (unpaired) electrons. The van der Waals surface area contributed by atoms with E-state index in [0.717, 1.165) is 12.1 Å². The van der Waals surface area contributed by atoms with Crippen LogP contribution in [0.1, 0.15) is 19.4 Å². The fourth-order valence-corrected chi connectivity index (χ4v) is 2.26. The van der Waals surface area contributed by atoms with E-state index in [-0.39, 0.29) is 12.5 Å². The molecule has 0 bridgehead atoms. The summed E-state index contributed by atoms with van der Waals surface area (Å²) in [6, 6.07) is 3.84. The minimum absolute atomic E-state index is 0.223. The zero-order valence-electron chi connectivity index (χ0n) is 12.6. The fourth-order valence-electron chi connectivity index (χ4n) is 2.26. The van der Waals surface area contributed by atoms with Crippen molar-refractivity contribution < 1.29 is 14.6 Å². The van der Waals surface area contributed by atoms with E-state index >= 15 is 0 Å². The zero-order chi connectivity index (χ0) is 14.7. The Morgan fingerprint density at radius 2 is 1.90 bits per heavy atom. The maximum absolute atomic E-state index is 10.0. The van der Waals surface area contributed by atoms with E-state index in [9.17, 15) is 5.11 Å². The summed E-state index contributed by atoms with van der Waals surface area (Å²) in [5.41, 5.74) is 0.832. The van der Waals surface area contributed by atoms with Gasteiger partial charge in [-0.1, -0.05) is 13.8 Å². The number of hydrogen-bond donors (Lipinski definition) is 2. The van der Waals surface area contributed by atoms with Crippen LogP contribution in [0, 0.1) is 5.92 Å². The van der Waals surface area contributed by atoms with E-state index < -0.39 is 0 Å². The molecule has 1 aromatic rings. The topological polar surface area (TPSA) is 54.0 Å². The van der Waals surface area contributed by atoms with Gasteiger partial charge in [-0.25, -0.2) is 0 Å². The Morgan fingerprint density at radius 3 is 2.50 bits per heavy atom. The molecule has 20 heavy (non-hydrogen) atoms. The van der Waals surface area contributed by atoms with E-state index in [4.69, 9.17) is 9.47 Å². The number of phenolic OH excluding ortho intramolecular Hbond substituents is 1. The predicted molar refractivity (Wildman–Crippen MR) is 78.2 cm³/mol. The van der Waals surface area contributed by atoms with Crippen LogP contribution < -0.4 is 14.8 Å². The molecule has 112 valence electrons. The molecule has 0 aliphatic carbocycles. The van der Waals surface area contributed by atoms with Crippen molar-refractivity contribution in [2.45, 2.75) is 26.4 Å². The van der Waals surface area contributed by atoms with Crippen molar-refractivity contribution in [1.82, 2.24) is 10.2 Å². The monoisotopic (exact) mass is 280 g/mol. The molecule has 0 spiro atoms. The molecule has 5 heteroatoms. The van der Waals surface area contributed by atoms with Gasteiger partial charge >= 0.3 is 0 Å². The zero-order valence-corrected chi connectivity index (χ0v) is 12.6. The van der Waals surface area contributed by atoms with Gasteiger partial charge in [0.1, 0.15) is 5.75 Å². The lowest BCUT2D eigenvalue weighted by atomic mass is 10.0. The highest BCUT2D eigenvalue weighted by molar-refractivity contribution is 5.51. The van der Waals surface area contributed by atoms with Gasteiger partial charge in [0.25, 0.3) is 0 Å². The predicted octanol–water partition coefficient (Wildman–Crippen LogP) is 1.80. The van der Waals surface area contributed by atoms with Crippen molar-refractivity contribution in [2.75, 3.05) is 27.4 Å². The third kappa shape index (κ3) is 3.55. The maximum Gasteiger partial charge on any atom is 0.231 e. The minimum atomic E-state index is 0.223. The van der Waals surface area contributed by atoms with Gasteiger partial charge in [-0.05, 0) is 26.1 Å². The second-order valence-corrected chi connectivity index (χ2v) is 5.83. The summed E-state index contributed by atoms with van der Waals surface area (Å²) in [6.07, 6.45) is 0. The first kappa shape index (κ1) is 14.9. The lowest BCUT2D eigenvalue weighted by molar-refractivity contribution is 0.174. The van der Waals surface area contributed by atoms with Crippen LogP contribution in [0.15, 0.2) is 12.1 Å². The maximum atomic E-state index is 10.0. The molecule has 5 nitrogen and oxygen atoms in total. The number of ether oxygens (including phenoxy) is 2. The highest BCUT2D eigenvalue weighted by atomic mass is 16.7. The van der Waals surface area contributed by atoms with Crippen LogP contribution in [0.5, 0.6) is 17.2 Å². The number of nitrogens with zero attached hydrogens (tertiary/aromatic N) is 1. The molecule has 1 atom stereocenters. The van der Waals surface area contributed by atoms with Crippen molar-refractivity contribution in [3.63, 3.8) is 0 Å². The molecule has 2 rings (SSSR count). The Balaban J connectivity index is 2.02. The summed E-state index contributed by atoms with van der Waals surface area (Å²) in [4.78, 5) is 2.16. The molecule has 0 fully saturated rings. The van der Waals surface area contributed by atoms with Gasteiger partial charge in [-0.2, -0.15) is 0 Å². The summed E-state index contributed by atoms with van der Waals surface area (Å²) in [7, 11) is 4.13. The first-order valence-electron chi connectivity index (χ1n) is 6.97. The molecule has 1 aliphatic heterocycles. The molecule has 1 aliphatic rings. The Labute approximate surface area is 120 Å². The number of benzene rings is 1. The van der Waals surface area contributed by atoms with Gasteiger partial charge in [0.05, 0.1) is 0 Å². The SMILES string of the molecule is CC(C)C(CN(C)C)NCc1cc2c(cc1O)OCO2. The summed E-state index contributed by atoms with van der Waals surface area (Å²) < 4.78 is 10.6. The van der Waals surface area contributed by atoms with Gasteiger partial charge in [-0.3, -0.25) is 0 Å². The third-order valence-electron chi connectivity index (χ3n) is 3.50. The second-order valence-electron chi connectivity index (χ2n) is 5.83. The Morgan fingerprint density at radius 1 is 1.25 bits per heavy atom. The lowest BCUT2D eigenvalue weighted by Gasteiger charge is -2.26. The number of aromatic hydroxyl groups is 1. The number of rotatable bonds is 6. The van der Waals surface area contributed by atoms with Crippen LogP contribution in [0.2, 0.25) is 0 Å². The van der Waals surface area contributed by atoms with Crippen LogP contribution in [0.4, 0.5) is 0 Å². The molecular formula is C15H24N2O3. The van der Waals surface area contributed by atoms with Crippen molar-refractivity contribution in [3.05, 3.63) is 17.7 Å². The van der Waals surface area contributed by atoms with Gasteiger partial charge in [0, 0.05) is 30.8 Å². The number of nitrogens with one attached hydrogen (secondary N) is 1. The van der Waals surface area contributed by atoms with Crippen molar-refractivity contribution in [1.29, 1.82) is 0 Å².